The van der Waals surface area contributed by atoms with Gasteiger partial charge in [0.05, 0.1) is 9.84 Å². The molecule has 6 saturated carbocycles. The van der Waals surface area contributed by atoms with E-state index in [9.17, 15) is 9.59 Å². The molecule has 0 aromatic rings. The molecule has 1 aliphatic heterocycles. The molecule has 0 aromatic heterocycles. The number of alkyl halides is 1. The smallest absolute Gasteiger partial charge is 0.303 e. The van der Waals surface area contributed by atoms with Gasteiger partial charge in [-0.25, -0.2) is 0 Å². The standard InChI is InChI=1S/C22H28INO3/c1-11(25)27-20(3)9-22-13-8-21(14(22)7-12(20)16(13)26)6-4-5-19(2)10-24-15(17(19)21)18(22)23/h12-14,17-18H,4-10H2,1-3H3/t12?,13?,14?,17-,18-,19?,20?,21?,22+/m1/s1. The van der Waals surface area contributed by atoms with Crippen molar-refractivity contribution in [3.8, 4) is 0 Å². The Hall–Kier alpha value is -0.460. The van der Waals surface area contributed by atoms with Crippen LogP contribution >= 0.6 is 22.6 Å². The molecule has 146 valence electrons. The van der Waals surface area contributed by atoms with E-state index < -0.39 is 5.60 Å². The van der Waals surface area contributed by atoms with Crippen LogP contribution in [0.4, 0.5) is 0 Å². The molecule has 7 rings (SSSR count). The summed E-state index contributed by atoms with van der Waals surface area (Å²) in [5.74, 6) is 1.38. The first-order valence-electron chi connectivity index (χ1n) is 10.6. The van der Waals surface area contributed by atoms with Crippen molar-refractivity contribution in [1.82, 2.24) is 0 Å². The molecular formula is C22H28INO3. The zero-order chi connectivity index (χ0) is 19.0. The molecule has 0 amide bonds. The minimum absolute atomic E-state index is 0.0471. The molecular weight excluding hydrogens is 453 g/mol. The largest absolute Gasteiger partial charge is 0.459 e. The maximum Gasteiger partial charge on any atom is 0.303 e. The highest BCUT2D eigenvalue weighted by Crippen LogP contribution is 2.81. The number of halogens is 1. The highest BCUT2D eigenvalue weighted by Gasteiger charge is 2.82. The van der Waals surface area contributed by atoms with Crippen LogP contribution in [-0.4, -0.2) is 33.5 Å². The van der Waals surface area contributed by atoms with Gasteiger partial charge in [-0.1, -0.05) is 35.9 Å². The lowest BCUT2D eigenvalue weighted by atomic mass is 9.39. The summed E-state index contributed by atoms with van der Waals surface area (Å²) in [5.41, 5.74) is 1.31. The summed E-state index contributed by atoms with van der Waals surface area (Å²) >= 11 is 2.63. The van der Waals surface area contributed by atoms with Crippen molar-refractivity contribution in [3.05, 3.63) is 0 Å². The normalized spacial score (nSPS) is 59.5. The van der Waals surface area contributed by atoms with Gasteiger partial charge < -0.3 is 4.74 Å². The summed E-state index contributed by atoms with van der Waals surface area (Å²) in [6.45, 7) is 6.94. The zero-order valence-electron chi connectivity index (χ0n) is 16.4. The van der Waals surface area contributed by atoms with E-state index in [1.807, 2.05) is 6.92 Å². The average Bonchev–Trinajstić information content (AvgIpc) is 2.99. The Kier molecular flexibility index (Phi) is 3.10. The van der Waals surface area contributed by atoms with Gasteiger partial charge in [0, 0.05) is 36.4 Å². The minimum Gasteiger partial charge on any atom is -0.459 e. The van der Waals surface area contributed by atoms with Crippen LogP contribution in [0.5, 0.6) is 0 Å². The number of Topliss-reactive ketones (excluding diaryl/α,β-unsaturated/α-hetero) is 1. The SMILES string of the molecule is CC(=O)OC1(C)C[C@@]23C4CC5(CCCC6(C)CN=C([C@H]65)[C@H]2I)C3CC1C4=O. The third-order valence-electron chi connectivity index (χ3n) is 9.82. The van der Waals surface area contributed by atoms with Crippen LogP contribution in [0.2, 0.25) is 0 Å². The molecule has 6 aliphatic carbocycles. The van der Waals surface area contributed by atoms with Crippen LogP contribution in [0, 0.1) is 39.9 Å². The number of rotatable bonds is 1. The van der Waals surface area contributed by atoms with Crippen molar-refractivity contribution in [2.75, 3.05) is 6.54 Å². The molecule has 7 aliphatic rings. The van der Waals surface area contributed by atoms with Gasteiger partial charge in [-0.15, -0.1) is 0 Å². The number of hydrogen-bond donors (Lipinski definition) is 0. The number of hydrogen-bond acceptors (Lipinski definition) is 4. The summed E-state index contributed by atoms with van der Waals surface area (Å²) < 4.78 is 6.18. The molecule has 9 atom stereocenters. The fourth-order valence-electron chi connectivity index (χ4n) is 9.40. The maximum absolute atomic E-state index is 13.6. The van der Waals surface area contributed by atoms with Crippen LogP contribution in [0.25, 0.3) is 0 Å². The Morgan fingerprint density at radius 2 is 2.04 bits per heavy atom. The Morgan fingerprint density at radius 1 is 1.26 bits per heavy atom. The fraction of sp³-hybridized carbons (Fsp3) is 0.864. The van der Waals surface area contributed by atoms with E-state index in [-0.39, 0.29) is 28.6 Å². The van der Waals surface area contributed by atoms with Crippen LogP contribution in [0.15, 0.2) is 4.99 Å². The van der Waals surface area contributed by atoms with Crippen LogP contribution in [0.1, 0.15) is 59.3 Å². The van der Waals surface area contributed by atoms with Crippen molar-refractivity contribution >= 4 is 40.1 Å². The topological polar surface area (TPSA) is 55.7 Å². The lowest BCUT2D eigenvalue weighted by molar-refractivity contribution is -0.202. The van der Waals surface area contributed by atoms with Crippen LogP contribution < -0.4 is 0 Å². The van der Waals surface area contributed by atoms with Crippen molar-refractivity contribution in [2.24, 2.45) is 44.9 Å². The quantitative estimate of drug-likeness (QED) is 0.324. The van der Waals surface area contributed by atoms with E-state index in [0.717, 1.165) is 25.8 Å². The second-order valence-electron chi connectivity index (χ2n) is 11.0. The maximum atomic E-state index is 13.6. The Morgan fingerprint density at radius 3 is 2.78 bits per heavy atom. The molecule has 6 fully saturated rings. The Balaban J connectivity index is 1.56. The molecule has 5 bridgehead atoms. The monoisotopic (exact) mass is 481 g/mol. The van der Waals surface area contributed by atoms with Gasteiger partial charge in [0.2, 0.25) is 0 Å². The lowest BCUT2D eigenvalue weighted by Crippen LogP contribution is -2.70. The van der Waals surface area contributed by atoms with Crippen molar-refractivity contribution < 1.29 is 14.3 Å². The average molecular weight is 481 g/mol. The summed E-state index contributed by atoms with van der Waals surface area (Å²) in [4.78, 5) is 30.7. The number of carbonyl (C=O) groups excluding carboxylic acids is 2. The van der Waals surface area contributed by atoms with Gasteiger partial charge in [-0.05, 0) is 55.8 Å². The van der Waals surface area contributed by atoms with Crippen molar-refractivity contribution in [1.29, 1.82) is 0 Å². The highest BCUT2D eigenvalue weighted by molar-refractivity contribution is 14.1. The number of nitrogens with zero attached hydrogens (tertiary/aromatic N) is 1. The van der Waals surface area contributed by atoms with Gasteiger partial charge in [-0.2, -0.15) is 0 Å². The number of aliphatic imine (C=N–C) groups is 1. The predicted molar refractivity (Wildman–Crippen MR) is 110 cm³/mol. The van der Waals surface area contributed by atoms with Crippen LogP contribution in [-0.2, 0) is 14.3 Å². The summed E-state index contributed by atoms with van der Waals surface area (Å²) in [5, 5.41) is 0. The molecule has 1 heterocycles. The van der Waals surface area contributed by atoms with Crippen molar-refractivity contribution in [3.63, 3.8) is 0 Å². The van der Waals surface area contributed by atoms with Crippen LogP contribution in [0.3, 0.4) is 0 Å². The zero-order valence-corrected chi connectivity index (χ0v) is 18.5. The van der Waals surface area contributed by atoms with E-state index in [1.54, 1.807) is 0 Å². The minimum atomic E-state index is -0.630. The van der Waals surface area contributed by atoms with E-state index >= 15 is 0 Å². The first-order chi connectivity index (χ1) is 12.7. The third kappa shape index (κ3) is 1.69. The van der Waals surface area contributed by atoms with Gasteiger partial charge in [0.1, 0.15) is 11.4 Å². The molecule has 0 radical (unpaired) electrons. The molecule has 27 heavy (non-hydrogen) atoms. The van der Waals surface area contributed by atoms with E-state index in [0.29, 0.717) is 27.0 Å². The van der Waals surface area contributed by atoms with E-state index in [4.69, 9.17) is 9.73 Å². The first kappa shape index (κ1) is 17.4. The van der Waals surface area contributed by atoms with Gasteiger partial charge >= 0.3 is 5.97 Å². The second kappa shape index (κ2) is 4.81. The lowest BCUT2D eigenvalue weighted by Gasteiger charge is -2.66. The van der Waals surface area contributed by atoms with Gasteiger partial charge in [0.15, 0.2) is 0 Å². The molecule has 2 spiro atoms. The number of carbonyl (C=O) groups is 2. The Bertz CT molecular complexity index is 824. The second-order valence-corrected chi connectivity index (χ2v) is 12.2. The number of ether oxygens (including phenoxy) is 1. The molecule has 4 nitrogen and oxygen atoms in total. The first-order valence-corrected chi connectivity index (χ1v) is 11.8. The highest BCUT2D eigenvalue weighted by atomic mass is 127. The van der Waals surface area contributed by atoms with E-state index in [1.165, 1.54) is 31.9 Å². The Labute approximate surface area is 174 Å². The summed E-state index contributed by atoms with van der Waals surface area (Å²) in [6, 6.07) is 0. The molecule has 0 N–H and O–H groups in total. The van der Waals surface area contributed by atoms with E-state index in [2.05, 4.69) is 29.5 Å². The summed E-state index contributed by atoms with van der Waals surface area (Å²) in [7, 11) is 0. The van der Waals surface area contributed by atoms with Gasteiger partial charge in [0.25, 0.3) is 0 Å². The summed E-state index contributed by atoms with van der Waals surface area (Å²) in [6.07, 6.45) is 6.68. The number of fused-ring (bicyclic) bond motifs is 1. The van der Waals surface area contributed by atoms with Crippen molar-refractivity contribution in [2.45, 2.75) is 68.8 Å². The third-order valence-corrected chi connectivity index (χ3v) is 11.6. The van der Waals surface area contributed by atoms with Gasteiger partial charge in [-0.3, -0.25) is 14.6 Å². The molecule has 0 aromatic carbocycles. The fourth-order valence-corrected chi connectivity index (χ4v) is 11.0. The molecule has 5 heteroatoms. The number of ketones is 1. The number of esters is 1. The molecule has 0 saturated heterocycles. The molecule has 6 unspecified atom stereocenters. The predicted octanol–water partition coefficient (Wildman–Crippen LogP) is 3.99.